The van der Waals surface area contributed by atoms with Crippen molar-refractivity contribution in [1.29, 1.82) is 0 Å². The summed E-state index contributed by atoms with van der Waals surface area (Å²) < 4.78 is 1.76. The third kappa shape index (κ3) is 2.71. The number of rotatable bonds is 3. The lowest BCUT2D eigenvalue weighted by Gasteiger charge is -2.39. The third-order valence-corrected chi connectivity index (χ3v) is 5.16. The molecule has 6 heteroatoms. The Hall–Kier alpha value is -2.21. The Labute approximate surface area is 142 Å². The van der Waals surface area contributed by atoms with Gasteiger partial charge in [-0.15, -0.1) is 0 Å². The molecule has 24 heavy (non-hydrogen) atoms. The molecule has 2 fully saturated rings. The van der Waals surface area contributed by atoms with Crippen LogP contribution < -0.4 is 4.90 Å². The van der Waals surface area contributed by atoms with Gasteiger partial charge in [-0.1, -0.05) is 6.07 Å². The van der Waals surface area contributed by atoms with Crippen molar-refractivity contribution >= 4 is 11.6 Å². The van der Waals surface area contributed by atoms with Gasteiger partial charge in [0.25, 0.3) is 0 Å². The lowest BCUT2D eigenvalue weighted by molar-refractivity contribution is -0.120. The van der Waals surface area contributed by atoms with Crippen molar-refractivity contribution in [2.75, 3.05) is 11.4 Å². The number of anilines is 1. The minimum atomic E-state index is 0.222. The van der Waals surface area contributed by atoms with Crippen LogP contribution in [0.15, 0.2) is 30.6 Å². The highest BCUT2D eigenvalue weighted by Crippen LogP contribution is 2.35. The number of aryl methyl sites for hydroxylation is 2. The average Bonchev–Trinajstić information content (AvgIpc) is 3.14. The van der Waals surface area contributed by atoms with E-state index >= 15 is 0 Å². The molecule has 6 nitrogen and oxygen atoms in total. The first-order valence-corrected chi connectivity index (χ1v) is 8.59. The van der Waals surface area contributed by atoms with Crippen LogP contribution in [0.2, 0.25) is 0 Å². The third-order valence-electron chi connectivity index (χ3n) is 5.16. The first-order chi connectivity index (χ1) is 11.6. The van der Waals surface area contributed by atoms with Crippen LogP contribution in [0.3, 0.4) is 0 Å². The predicted octanol–water partition coefficient (Wildman–Crippen LogP) is 1.89. The molecular weight excluding hydrogens is 302 g/mol. The summed E-state index contributed by atoms with van der Waals surface area (Å²) in [5.74, 6) is 0.222. The molecule has 0 spiro atoms. The summed E-state index contributed by atoms with van der Waals surface area (Å²) >= 11 is 0. The number of nitrogens with zero attached hydrogens (tertiary/aromatic N) is 5. The zero-order valence-corrected chi connectivity index (χ0v) is 14.2. The molecule has 4 heterocycles. The van der Waals surface area contributed by atoms with Crippen LogP contribution in [0.5, 0.6) is 0 Å². The number of amides is 1. The van der Waals surface area contributed by atoms with E-state index < -0.39 is 0 Å². The first kappa shape index (κ1) is 15.3. The van der Waals surface area contributed by atoms with E-state index in [9.17, 15) is 4.79 Å². The smallest absolute Gasteiger partial charge is 0.227 e. The Bertz CT molecular complexity index is 755. The predicted molar refractivity (Wildman–Crippen MR) is 91.5 cm³/mol. The van der Waals surface area contributed by atoms with Crippen LogP contribution >= 0.6 is 0 Å². The molecule has 2 aliphatic rings. The van der Waals surface area contributed by atoms with E-state index in [0.29, 0.717) is 12.5 Å². The minimum Gasteiger partial charge on any atom is -0.305 e. The SMILES string of the molecule is Cc1cccc(CN2CC[C@H]3[C@@H]2CCC(=O)N3c2cnn(C)c2)n1. The van der Waals surface area contributed by atoms with Gasteiger partial charge in [0.2, 0.25) is 5.91 Å². The number of hydrogen-bond donors (Lipinski definition) is 0. The van der Waals surface area contributed by atoms with Crippen LogP contribution in [0, 0.1) is 6.92 Å². The van der Waals surface area contributed by atoms with Gasteiger partial charge in [0.05, 0.1) is 23.6 Å². The fourth-order valence-electron chi connectivity index (χ4n) is 4.11. The van der Waals surface area contributed by atoms with Crippen LogP contribution in [0.25, 0.3) is 0 Å². The molecule has 4 rings (SSSR count). The summed E-state index contributed by atoms with van der Waals surface area (Å²) in [7, 11) is 1.89. The van der Waals surface area contributed by atoms with Crippen LogP contribution in [0.4, 0.5) is 5.69 Å². The van der Waals surface area contributed by atoms with Crippen molar-refractivity contribution in [3.63, 3.8) is 0 Å². The van der Waals surface area contributed by atoms with Crippen molar-refractivity contribution in [2.24, 2.45) is 7.05 Å². The van der Waals surface area contributed by atoms with Gasteiger partial charge in [-0.3, -0.25) is 19.4 Å². The van der Waals surface area contributed by atoms with Gasteiger partial charge in [-0.25, -0.2) is 0 Å². The maximum Gasteiger partial charge on any atom is 0.227 e. The van der Waals surface area contributed by atoms with E-state index in [1.807, 2.05) is 31.1 Å². The number of piperidine rings is 1. The number of hydrogen-bond acceptors (Lipinski definition) is 4. The second-order valence-corrected chi connectivity index (χ2v) is 6.84. The van der Waals surface area contributed by atoms with E-state index in [1.54, 1.807) is 10.9 Å². The molecule has 0 radical (unpaired) electrons. The molecule has 0 aromatic carbocycles. The van der Waals surface area contributed by atoms with Gasteiger partial charge in [0, 0.05) is 44.5 Å². The Balaban J connectivity index is 1.55. The van der Waals surface area contributed by atoms with E-state index in [-0.39, 0.29) is 11.9 Å². The number of carbonyl (C=O) groups is 1. The van der Waals surface area contributed by atoms with E-state index in [1.165, 1.54) is 0 Å². The fourth-order valence-corrected chi connectivity index (χ4v) is 4.11. The molecular formula is C18H23N5O. The summed E-state index contributed by atoms with van der Waals surface area (Å²) in [5, 5.41) is 4.24. The number of pyridine rings is 1. The van der Waals surface area contributed by atoms with E-state index in [0.717, 1.165) is 43.0 Å². The maximum absolute atomic E-state index is 12.5. The summed E-state index contributed by atoms with van der Waals surface area (Å²) in [5.41, 5.74) is 3.09. The summed E-state index contributed by atoms with van der Waals surface area (Å²) in [4.78, 5) is 21.6. The number of likely N-dealkylation sites (tertiary alicyclic amines) is 1. The molecule has 2 saturated heterocycles. The average molecular weight is 325 g/mol. The van der Waals surface area contributed by atoms with Crippen molar-refractivity contribution in [3.05, 3.63) is 42.0 Å². The van der Waals surface area contributed by atoms with Gasteiger partial charge in [0.15, 0.2) is 0 Å². The lowest BCUT2D eigenvalue weighted by atomic mass is 9.96. The van der Waals surface area contributed by atoms with Crippen molar-refractivity contribution < 1.29 is 4.79 Å². The largest absolute Gasteiger partial charge is 0.305 e. The molecule has 2 aromatic rings. The van der Waals surface area contributed by atoms with Crippen LogP contribution in [-0.2, 0) is 18.4 Å². The van der Waals surface area contributed by atoms with E-state index in [2.05, 4.69) is 27.1 Å². The second-order valence-electron chi connectivity index (χ2n) is 6.84. The van der Waals surface area contributed by atoms with Gasteiger partial charge in [0.1, 0.15) is 0 Å². The van der Waals surface area contributed by atoms with Crippen molar-refractivity contribution in [2.45, 2.75) is 44.8 Å². The molecule has 0 aliphatic carbocycles. The first-order valence-electron chi connectivity index (χ1n) is 8.59. The molecule has 1 amide bonds. The molecule has 2 aromatic heterocycles. The highest BCUT2D eigenvalue weighted by Gasteiger charge is 2.43. The summed E-state index contributed by atoms with van der Waals surface area (Å²) in [6.45, 7) is 3.90. The number of fused-ring (bicyclic) bond motifs is 1. The monoisotopic (exact) mass is 325 g/mol. The van der Waals surface area contributed by atoms with Gasteiger partial charge < -0.3 is 4.90 Å². The normalized spacial score (nSPS) is 24.4. The Morgan fingerprint density at radius 3 is 2.88 bits per heavy atom. The number of carbonyl (C=O) groups excluding carboxylic acids is 1. The van der Waals surface area contributed by atoms with Crippen LogP contribution in [-0.4, -0.2) is 44.2 Å². The quantitative estimate of drug-likeness (QED) is 0.865. The van der Waals surface area contributed by atoms with Gasteiger partial charge in [-0.2, -0.15) is 5.10 Å². The molecule has 2 aliphatic heterocycles. The van der Waals surface area contributed by atoms with E-state index in [4.69, 9.17) is 0 Å². The topological polar surface area (TPSA) is 54.3 Å². The zero-order chi connectivity index (χ0) is 16.7. The molecule has 2 atom stereocenters. The van der Waals surface area contributed by atoms with Gasteiger partial charge >= 0.3 is 0 Å². The number of aromatic nitrogens is 3. The van der Waals surface area contributed by atoms with Crippen molar-refractivity contribution in [3.8, 4) is 0 Å². The minimum absolute atomic E-state index is 0.222. The van der Waals surface area contributed by atoms with Gasteiger partial charge in [-0.05, 0) is 31.9 Å². The lowest BCUT2D eigenvalue weighted by Crippen LogP contribution is -2.52. The highest BCUT2D eigenvalue weighted by atomic mass is 16.2. The Kier molecular flexibility index (Phi) is 3.84. The fraction of sp³-hybridized carbons (Fsp3) is 0.500. The molecule has 0 bridgehead atoms. The highest BCUT2D eigenvalue weighted by molar-refractivity contribution is 5.94. The maximum atomic E-state index is 12.5. The van der Waals surface area contributed by atoms with Crippen LogP contribution in [0.1, 0.15) is 30.7 Å². The van der Waals surface area contributed by atoms with Crippen molar-refractivity contribution in [1.82, 2.24) is 19.7 Å². The zero-order valence-electron chi connectivity index (χ0n) is 14.2. The second kappa shape index (κ2) is 6.02. The molecule has 0 saturated carbocycles. The summed E-state index contributed by atoms with van der Waals surface area (Å²) in [6.07, 6.45) is 6.28. The molecule has 0 unspecified atom stereocenters. The Morgan fingerprint density at radius 2 is 2.12 bits per heavy atom. The summed E-state index contributed by atoms with van der Waals surface area (Å²) in [6, 6.07) is 6.84. The standard InChI is InChI=1S/C18H23N5O/c1-13-4-3-5-14(20-13)11-22-9-8-17-16(22)6-7-18(24)23(17)15-10-19-21(2)12-15/h3-5,10,12,16-17H,6-9,11H2,1-2H3/t16-,17-/m0/s1. The molecule has 0 N–H and O–H groups in total. The molecule has 126 valence electrons. The Morgan fingerprint density at radius 1 is 1.25 bits per heavy atom.